The van der Waals surface area contributed by atoms with Crippen LogP contribution in [0.2, 0.25) is 0 Å². The van der Waals surface area contributed by atoms with Crippen molar-refractivity contribution in [3.63, 3.8) is 0 Å². The van der Waals surface area contributed by atoms with Crippen molar-refractivity contribution < 1.29 is 14.3 Å². The summed E-state index contributed by atoms with van der Waals surface area (Å²) in [5.41, 5.74) is 0.407. The highest BCUT2D eigenvalue weighted by Gasteiger charge is 2.36. The molecule has 1 atom stereocenters. The van der Waals surface area contributed by atoms with Gasteiger partial charge in [0.1, 0.15) is 5.92 Å². The van der Waals surface area contributed by atoms with E-state index < -0.39 is 5.92 Å². The third-order valence-electron chi connectivity index (χ3n) is 3.22. The monoisotopic (exact) mass is 262 g/mol. The Labute approximate surface area is 112 Å². The summed E-state index contributed by atoms with van der Waals surface area (Å²) >= 11 is 0. The maximum Gasteiger partial charge on any atom is 0.233 e. The second-order valence-electron chi connectivity index (χ2n) is 4.67. The van der Waals surface area contributed by atoms with E-state index in [2.05, 4.69) is 4.98 Å². The van der Waals surface area contributed by atoms with Gasteiger partial charge in [0, 0.05) is 19.8 Å². The van der Waals surface area contributed by atoms with Crippen molar-refractivity contribution in [1.29, 1.82) is 0 Å². The number of rotatable bonds is 5. The summed E-state index contributed by atoms with van der Waals surface area (Å²) in [6, 6.07) is 3.36. The first-order valence-corrected chi connectivity index (χ1v) is 6.52. The number of ether oxygens (including phenoxy) is 1. The molecule has 0 bridgehead atoms. The van der Waals surface area contributed by atoms with Crippen LogP contribution >= 0.6 is 0 Å². The zero-order chi connectivity index (χ0) is 13.8. The van der Waals surface area contributed by atoms with Crippen LogP contribution in [0.15, 0.2) is 18.3 Å². The van der Waals surface area contributed by atoms with Crippen LogP contribution in [0, 0.1) is 5.92 Å². The summed E-state index contributed by atoms with van der Waals surface area (Å²) in [7, 11) is 1.72. The first-order chi connectivity index (χ1) is 9.15. The van der Waals surface area contributed by atoms with Gasteiger partial charge in [-0.1, -0.05) is 6.92 Å². The zero-order valence-corrected chi connectivity index (χ0v) is 11.3. The molecule has 0 radical (unpaired) electrons. The number of hydrogen-bond donors (Lipinski definition) is 0. The van der Waals surface area contributed by atoms with Gasteiger partial charge in [0.25, 0.3) is 0 Å². The minimum Gasteiger partial charge on any atom is -0.477 e. The minimum atomic E-state index is -0.585. The molecule has 1 aliphatic rings. The molecule has 1 aromatic heterocycles. The molecule has 1 fully saturated rings. The van der Waals surface area contributed by atoms with Crippen LogP contribution in [0.3, 0.4) is 0 Å². The van der Waals surface area contributed by atoms with Crippen molar-refractivity contribution in [2.75, 3.05) is 20.2 Å². The molecule has 1 amide bonds. The topological polar surface area (TPSA) is 59.5 Å². The number of pyridine rings is 1. The molecule has 19 heavy (non-hydrogen) atoms. The molecule has 0 aromatic carbocycles. The van der Waals surface area contributed by atoms with Crippen LogP contribution in [0.5, 0.6) is 5.88 Å². The van der Waals surface area contributed by atoms with Gasteiger partial charge in [-0.3, -0.25) is 9.59 Å². The number of Topliss-reactive ketones (excluding diaryl/α,β-unsaturated/α-hetero) is 1. The molecule has 1 aromatic rings. The van der Waals surface area contributed by atoms with E-state index in [1.54, 1.807) is 30.3 Å². The van der Waals surface area contributed by atoms with E-state index in [1.807, 2.05) is 6.92 Å². The molecule has 0 spiro atoms. The van der Waals surface area contributed by atoms with Crippen molar-refractivity contribution in [2.24, 2.45) is 5.92 Å². The Hall–Kier alpha value is -1.91. The summed E-state index contributed by atoms with van der Waals surface area (Å²) < 4.78 is 5.47. The molecular formula is C14H18N2O3. The number of carbonyl (C=O) groups excluding carboxylic acids is 2. The predicted molar refractivity (Wildman–Crippen MR) is 70.1 cm³/mol. The van der Waals surface area contributed by atoms with Gasteiger partial charge in [-0.2, -0.15) is 0 Å². The SMILES string of the molecule is CCCOc1ncccc1C(=O)C1CCN(C)C1=O. The fraction of sp³-hybridized carbons (Fsp3) is 0.500. The van der Waals surface area contributed by atoms with E-state index in [9.17, 15) is 9.59 Å². The molecule has 1 aliphatic heterocycles. The highest BCUT2D eigenvalue weighted by Crippen LogP contribution is 2.25. The molecule has 0 aliphatic carbocycles. The summed E-state index contributed by atoms with van der Waals surface area (Å²) in [5, 5.41) is 0. The molecule has 5 heteroatoms. The Morgan fingerprint density at radius 1 is 1.58 bits per heavy atom. The molecule has 2 heterocycles. The molecule has 1 saturated heterocycles. The molecular weight excluding hydrogens is 244 g/mol. The Morgan fingerprint density at radius 2 is 2.37 bits per heavy atom. The largest absolute Gasteiger partial charge is 0.477 e. The highest BCUT2D eigenvalue weighted by molar-refractivity contribution is 6.11. The number of amides is 1. The Kier molecular flexibility index (Phi) is 4.14. The third kappa shape index (κ3) is 2.75. The smallest absolute Gasteiger partial charge is 0.233 e. The number of aromatic nitrogens is 1. The first-order valence-electron chi connectivity index (χ1n) is 6.52. The lowest BCUT2D eigenvalue weighted by Gasteiger charge is -2.12. The van der Waals surface area contributed by atoms with Crippen LogP contribution < -0.4 is 4.74 Å². The van der Waals surface area contributed by atoms with E-state index in [0.29, 0.717) is 31.0 Å². The summed E-state index contributed by atoms with van der Waals surface area (Å²) in [6.45, 7) is 3.12. The molecule has 102 valence electrons. The van der Waals surface area contributed by atoms with Crippen LogP contribution in [0.25, 0.3) is 0 Å². The second kappa shape index (κ2) is 5.82. The van der Waals surface area contributed by atoms with E-state index in [0.717, 1.165) is 6.42 Å². The van der Waals surface area contributed by atoms with Gasteiger partial charge in [0.05, 0.1) is 12.2 Å². The average Bonchev–Trinajstić information content (AvgIpc) is 2.76. The number of likely N-dealkylation sites (tertiary alicyclic amines) is 1. The number of carbonyl (C=O) groups is 2. The van der Waals surface area contributed by atoms with Gasteiger partial charge < -0.3 is 9.64 Å². The maximum absolute atomic E-state index is 12.4. The van der Waals surface area contributed by atoms with Crippen LogP contribution in [-0.2, 0) is 4.79 Å². The van der Waals surface area contributed by atoms with Gasteiger partial charge in [-0.05, 0) is 25.0 Å². The minimum absolute atomic E-state index is 0.115. The molecule has 0 N–H and O–H groups in total. The van der Waals surface area contributed by atoms with E-state index in [-0.39, 0.29) is 11.7 Å². The van der Waals surface area contributed by atoms with E-state index in [1.165, 1.54) is 0 Å². The standard InChI is InChI=1S/C14H18N2O3/c1-3-9-19-13-10(5-4-7-15-13)12(17)11-6-8-16(2)14(11)18/h4-5,7,11H,3,6,8-9H2,1-2H3. The van der Waals surface area contributed by atoms with E-state index >= 15 is 0 Å². The van der Waals surface area contributed by atoms with Crippen LogP contribution in [0.1, 0.15) is 30.1 Å². The lowest BCUT2D eigenvalue weighted by molar-refractivity contribution is -0.128. The van der Waals surface area contributed by atoms with Crippen molar-refractivity contribution in [1.82, 2.24) is 9.88 Å². The number of nitrogens with zero attached hydrogens (tertiary/aromatic N) is 2. The molecule has 0 saturated carbocycles. The highest BCUT2D eigenvalue weighted by atomic mass is 16.5. The summed E-state index contributed by atoms with van der Waals surface area (Å²) in [6.07, 6.45) is 3.00. The van der Waals surface area contributed by atoms with Gasteiger partial charge in [-0.15, -0.1) is 0 Å². The van der Waals surface area contributed by atoms with E-state index in [4.69, 9.17) is 4.74 Å². The fourth-order valence-electron chi connectivity index (χ4n) is 2.15. The summed E-state index contributed by atoms with van der Waals surface area (Å²) in [4.78, 5) is 30.0. The van der Waals surface area contributed by atoms with Crippen molar-refractivity contribution in [3.8, 4) is 5.88 Å². The predicted octanol–water partition coefficient (Wildman–Crippen LogP) is 1.53. The number of hydrogen-bond acceptors (Lipinski definition) is 4. The average molecular weight is 262 g/mol. The normalized spacial score (nSPS) is 18.7. The van der Waals surface area contributed by atoms with Gasteiger partial charge >= 0.3 is 0 Å². The van der Waals surface area contributed by atoms with Gasteiger partial charge in [0.2, 0.25) is 11.8 Å². The molecule has 1 unspecified atom stereocenters. The first kappa shape index (κ1) is 13.5. The van der Waals surface area contributed by atoms with Gasteiger partial charge in [-0.25, -0.2) is 4.98 Å². The molecule has 2 rings (SSSR count). The lowest BCUT2D eigenvalue weighted by Crippen LogP contribution is -2.27. The lowest BCUT2D eigenvalue weighted by atomic mass is 9.97. The maximum atomic E-state index is 12.4. The Morgan fingerprint density at radius 3 is 3.00 bits per heavy atom. The molecule has 5 nitrogen and oxygen atoms in total. The quantitative estimate of drug-likeness (QED) is 0.596. The Balaban J connectivity index is 2.21. The Bertz CT molecular complexity index is 487. The second-order valence-corrected chi connectivity index (χ2v) is 4.67. The zero-order valence-electron chi connectivity index (χ0n) is 11.3. The van der Waals surface area contributed by atoms with Crippen molar-refractivity contribution >= 4 is 11.7 Å². The summed E-state index contributed by atoms with van der Waals surface area (Å²) in [5.74, 6) is -0.557. The van der Waals surface area contributed by atoms with Crippen LogP contribution in [-0.4, -0.2) is 41.8 Å². The van der Waals surface area contributed by atoms with Crippen molar-refractivity contribution in [3.05, 3.63) is 23.9 Å². The fourth-order valence-corrected chi connectivity index (χ4v) is 2.15. The number of ketones is 1. The van der Waals surface area contributed by atoms with Crippen LogP contribution in [0.4, 0.5) is 0 Å². The van der Waals surface area contributed by atoms with Crippen molar-refractivity contribution in [2.45, 2.75) is 19.8 Å². The third-order valence-corrected chi connectivity index (χ3v) is 3.22. The van der Waals surface area contributed by atoms with Gasteiger partial charge in [0.15, 0.2) is 5.78 Å².